The van der Waals surface area contributed by atoms with Crippen LogP contribution in [-0.4, -0.2) is 60.4 Å². The highest BCUT2D eigenvalue weighted by Gasteiger charge is 2.26. The third-order valence-electron chi connectivity index (χ3n) is 4.56. The van der Waals surface area contributed by atoms with Crippen LogP contribution in [0.15, 0.2) is 34.3 Å². The highest BCUT2D eigenvalue weighted by atomic mass is 16.6. The number of nitrogen functional groups attached to an aromatic ring is 1. The fourth-order valence-corrected chi connectivity index (χ4v) is 3.13. The van der Waals surface area contributed by atoms with Gasteiger partial charge in [0.2, 0.25) is 11.6 Å². The van der Waals surface area contributed by atoms with E-state index in [-0.39, 0.29) is 17.3 Å². The molecule has 1 aliphatic rings. The molecule has 150 valence electrons. The van der Waals surface area contributed by atoms with Gasteiger partial charge in [0.05, 0.1) is 11.9 Å². The largest absolute Gasteiger partial charge is 0.378 e. The number of nitrogens with one attached hydrogen (secondary N) is 1. The smallest absolute Gasteiger partial charge is 0.293 e. The molecule has 1 aliphatic heterocycles. The Morgan fingerprint density at radius 2 is 2.17 bits per heavy atom. The maximum atomic E-state index is 12.7. The van der Waals surface area contributed by atoms with E-state index < -0.39 is 5.91 Å². The second-order valence-corrected chi connectivity index (χ2v) is 6.59. The molecule has 3 N–H and O–H groups in total. The fraction of sp³-hybridized carbons (Fsp3) is 0.353. The highest BCUT2D eigenvalue weighted by molar-refractivity contribution is 5.94. The molecule has 4 heterocycles. The normalized spacial score (nSPS) is 15.0. The fourth-order valence-electron chi connectivity index (χ4n) is 3.13. The van der Waals surface area contributed by atoms with Crippen molar-refractivity contribution in [1.29, 1.82) is 0 Å². The number of likely N-dealkylation sites (tertiary alicyclic amines) is 1. The zero-order chi connectivity index (χ0) is 20.1. The molecular weight excluding hydrogens is 376 g/mol. The number of rotatable bonds is 6. The lowest BCUT2D eigenvalue weighted by Crippen LogP contribution is -2.31. The number of pyridine rings is 1. The first kappa shape index (κ1) is 18.7. The summed E-state index contributed by atoms with van der Waals surface area (Å²) in [4.78, 5) is 18.9. The van der Waals surface area contributed by atoms with Crippen molar-refractivity contribution in [3.05, 3.63) is 41.5 Å². The van der Waals surface area contributed by atoms with Crippen molar-refractivity contribution in [2.45, 2.75) is 25.8 Å². The lowest BCUT2D eigenvalue weighted by molar-refractivity contribution is 0.0947. The zero-order valence-electron chi connectivity index (χ0n) is 15.6. The van der Waals surface area contributed by atoms with Crippen molar-refractivity contribution in [3.8, 4) is 5.82 Å². The summed E-state index contributed by atoms with van der Waals surface area (Å²) in [5, 5.41) is 19.4. The Morgan fingerprint density at radius 3 is 2.90 bits per heavy atom. The lowest BCUT2D eigenvalue weighted by atomic mass is 10.1. The summed E-state index contributed by atoms with van der Waals surface area (Å²) in [5.41, 5.74) is 9.72. The molecule has 0 aliphatic carbocycles. The van der Waals surface area contributed by atoms with Crippen LogP contribution in [0.3, 0.4) is 0 Å². The van der Waals surface area contributed by atoms with Gasteiger partial charge < -0.3 is 5.73 Å². The van der Waals surface area contributed by atoms with Gasteiger partial charge in [-0.3, -0.25) is 14.7 Å². The molecule has 3 aromatic rings. The Morgan fingerprint density at radius 1 is 1.31 bits per heavy atom. The molecule has 12 heteroatoms. The van der Waals surface area contributed by atoms with Crippen LogP contribution in [0, 0.1) is 0 Å². The minimum atomic E-state index is -0.488. The first-order valence-electron chi connectivity index (χ1n) is 9.21. The molecule has 1 amide bonds. The van der Waals surface area contributed by atoms with Gasteiger partial charge in [-0.15, -0.1) is 5.10 Å². The van der Waals surface area contributed by atoms with E-state index >= 15 is 0 Å². The monoisotopic (exact) mass is 396 g/mol. The van der Waals surface area contributed by atoms with E-state index in [0.29, 0.717) is 12.2 Å². The number of carbonyl (C=O) groups excluding carboxylic acids is 1. The first-order valence-corrected chi connectivity index (χ1v) is 9.21. The Balaban J connectivity index is 1.58. The molecule has 3 aromatic heterocycles. The molecule has 0 spiro atoms. The number of carbonyl (C=O) groups is 1. The SMILES string of the molecule is Nc1nonc1-n1nnc(C(=O)NN=Cc2cccnc2)c1CN1CCCCC1. The third kappa shape index (κ3) is 4.27. The lowest BCUT2D eigenvalue weighted by Gasteiger charge is -2.26. The van der Waals surface area contributed by atoms with Crippen LogP contribution in [0.2, 0.25) is 0 Å². The number of hydrogen-bond donors (Lipinski definition) is 2. The van der Waals surface area contributed by atoms with Crippen LogP contribution in [0.5, 0.6) is 0 Å². The zero-order valence-corrected chi connectivity index (χ0v) is 15.6. The molecule has 1 fully saturated rings. The Labute approximate surface area is 165 Å². The number of hydrazone groups is 1. The van der Waals surface area contributed by atoms with Gasteiger partial charge in [0.25, 0.3) is 5.91 Å². The van der Waals surface area contributed by atoms with Gasteiger partial charge >= 0.3 is 0 Å². The molecule has 0 atom stereocenters. The Hall–Kier alpha value is -3.67. The van der Waals surface area contributed by atoms with Gasteiger partial charge in [0, 0.05) is 24.5 Å². The molecule has 4 rings (SSSR count). The molecular formula is C17H20N10O2. The van der Waals surface area contributed by atoms with Gasteiger partial charge in [-0.2, -0.15) is 9.78 Å². The van der Waals surface area contributed by atoms with Crippen LogP contribution in [0.4, 0.5) is 5.82 Å². The predicted molar refractivity (Wildman–Crippen MR) is 102 cm³/mol. The van der Waals surface area contributed by atoms with E-state index in [2.05, 4.69) is 45.7 Å². The third-order valence-corrected chi connectivity index (χ3v) is 4.56. The minimum absolute atomic E-state index is 0.0661. The molecule has 0 aromatic carbocycles. The Kier molecular flexibility index (Phi) is 5.52. The Bertz CT molecular complexity index is 991. The van der Waals surface area contributed by atoms with E-state index in [1.807, 2.05) is 6.07 Å². The van der Waals surface area contributed by atoms with Crippen molar-refractivity contribution < 1.29 is 9.42 Å². The quantitative estimate of drug-likeness (QED) is 0.444. The van der Waals surface area contributed by atoms with E-state index in [1.165, 1.54) is 17.3 Å². The summed E-state index contributed by atoms with van der Waals surface area (Å²) < 4.78 is 6.06. The molecule has 1 saturated heterocycles. The minimum Gasteiger partial charge on any atom is -0.378 e. The van der Waals surface area contributed by atoms with Gasteiger partial charge in [0.15, 0.2) is 5.69 Å². The number of nitrogens with zero attached hydrogens (tertiary/aromatic N) is 8. The van der Waals surface area contributed by atoms with Crippen molar-refractivity contribution in [2.75, 3.05) is 18.8 Å². The summed E-state index contributed by atoms with van der Waals surface area (Å²) >= 11 is 0. The number of piperidine rings is 1. The number of aromatic nitrogens is 6. The molecule has 29 heavy (non-hydrogen) atoms. The van der Waals surface area contributed by atoms with E-state index in [9.17, 15) is 4.79 Å². The number of nitrogens with two attached hydrogens (primary N) is 1. The summed E-state index contributed by atoms with van der Waals surface area (Å²) in [6.07, 6.45) is 8.20. The van der Waals surface area contributed by atoms with Crippen LogP contribution < -0.4 is 11.2 Å². The average Bonchev–Trinajstić information content (AvgIpc) is 3.35. The van der Waals surface area contributed by atoms with Crippen LogP contribution in [-0.2, 0) is 6.54 Å². The second kappa shape index (κ2) is 8.56. The number of anilines is 1. The maximum Gasteiger partial charge on any atom is 0.293 e. The predicted octanol–water partition coefficient (Wildman–Crippen LogP) is 0.377. The summed E-state index contributed by atoms with van der Waals surface area (Å²) in [6, 6.07) is 3.60. The standard InChI is InChI=1S/C17H20N10O2/c18-15-16(24-29-23-15)27-13(11-26-7-2-1-3-8-26)14(21-25-27)17(28)22-20-10-12-5-4-6-19-9-12/h4-6,9-10H,1-3,7-8,11H2,(H2,18,23)(H,22,28). The highest BCUT2D eigenvalue weighted by Crippen LogP contribution is 2.19. The van der Waals surface area contributed by atoms with Crippen LogP contribution in [0.1, 0.15) is 41.0 Å². The van der Waals surface area contributed by atoms with Gasteiger partial charge in [-0.25, -0.2) is 10.1 Å². The molecule has 0 radical (unpaired) electrons. The average molecular weight is 396 g/mol. The van der Waals surface area contributed by atoms with Crippen molar-refractivity contribution >= 4 is 17.9 Å². The summed E-state index contributed by atoms with van der Waals surface area (Å²) in [6.45, 7) is 2.32. The summed E-state index contributed by atoms with van der Waals surface area (Å²) in [7, 11) is 0. The van der Waals surface area contributed by atoms with Crippen molar-refractivity contribution in [2.24, 2.45) is 5.10 Å². The van der Waals surface area contributed by atoms with Gasteiger partial charge in [-0.1, -0.05) is 17.7 Å². The number of amides is 1. The van der Waals surface area contributed by atoms with Gasteiger partial charge in [0.1, 0.15) is 0 Å². The van der Waals surface area contributed by atoms with Crippen molar-refractivity contribution in [3.63, 3.8) is 0 Å². The van der Waals surface area contributed by atoms with Gasteiger partial charge in [-0.05, 0) is 42.3 Å². The van der Waals surface area contributed by atoms with E-state index in [4.69, 9.17) is 5.73 Å². The molecule has 12 nitrogen and oxygen atoms in total. The van der Waals surface area contributed by atoms with Crippen LogP contribution >= 0.6 is 0 Å². The topological polar surface area (TPSA) is 153 Å². The van der Waals surface area contributed by atoms with E-state index in [0.717, 1.165) is 31.5 Å². The van der Waals surface area contributed by atoms with Crippen LogP contribution in [0.25, 0.3) is 5.82 Å². The molecule has 0 saturated carbocycles. The molecule has 0 unspecified atom stereocenters. The number of hydrogen-bond acceptors (Lipinski definition) is 10. The van der Waals surface area contributed by atoms with E-state index in [1.54, 1.807) is 18.5 Å². The summed E-state index contributed by atoms with van der Waals surface area (Å²) in [5.74, 6) is -0.225. The maximum absolute atomic E-state index is 12.7. The molecule has 0 bridgehead atoms. The first-order chi connectivity index (χ1) is 14.2. The van der Waals surface area contributed by atoms with Crippen molar-refractivity contribution in [1.82, 2.24) is 40.6 Å². The second-order valence-electron chi connectivity index (χ2n) is 6.59.